The summed E-state index contributed by atoms with van der Waals surface area (Å²) in [6, 6.07) is 74.2. The molecule has 0 aliphatic heterocycles. The highest BCUT2D eigenvalue weighted by molar-refractivity contribution is 6.29. The van der Waals surface area contributed by atoms with Gasteiger partial charge in [-0.1, -0.05) is 152 Å². The highest BCUT2D eigenvalue weighted by Crippen LogP contribution is 2.43. The molecule has 13 rings (SSSR count). The maximum absolute atomic E-state index is 5.45. The van der Waals surface area contributed by atoms with Gasteiger partial charge < -0.3 is 4.57 Å². The van der Waals surface area contributed by atoms with Gasteiger partial charge in [0.15, 0.2) is 17.5 Å². The Bertz CT molecular complexity index is 3810. The van der Waals surface area contributed by atoms with Crippen LogP contribution in [-0.2, 0) is 0 Å². The van der Waals surface area contributed by atoms with Crippen LogP contribution in [0.5, 0.6) is 0 Å². The number of aromatic nitrogens is 7. The fraction of sp³-hybridized carbons (Fsp3) is 0. The van der Waals surface area contributed by atoms with Crippen molar-refractivity contribution in [3.63, 3.8) is 0 Å². The molecule has 63 heavy (non-hydrogen) atoms. The molecule has 7 heteroatoms. The first-order chi connectivity index (χ1) is 31.3. The number of nitrogens with zero attached hydrogens (tertiary/aromatic N) is 7. The Labute approximate surface area is 361 Å². The Hall–Kier alpha value is -8.68. The quantitative estimate of drug-likeness (QED) is 0.168. The zero-order valence-corrected chi connectivity index (χ0v) is 33.8. The zero-order chi connectivity index (χ0) is 41.4. The summed E-state index contributed by atoms with van der Waals surface area (Å²) in [5.74, 6) is 3.62. The lowest BCUT2D eigenvalue weighted by Crippen LogP contribution is -2.03. The summed E-state index contributed by atoms with van der Waals surface area (Å²) in [5.41, 5.74) is 10.5. The SMILES string of the molecule is c1ccc(-c2nc(-c3ccccc3)nc(-c3cccc(-n4c5ccccc5c5c6c7ccccc7n(-c7cccc(-n8c9ccccc9c9ccccc98)n7)c6ccc54)c3)n2)cc1. The van der Waals surface area contributed by atoms with E-state index < -0.39 is 0 Å². The lowest BCUT2D eigenvalue weighted by Gasteiger charge is -2.12. The number of hydrogen-bond donors (Lipinski definition) is 0. The van der Waals surface area contributed by atoms with Crippen LogP contribution >= 0.6 is 0 Å². The molecule has 0 amide bonds. The van der Waals surface area contributed by atoms with Crippen LogP contribution in [0.4, 0.5) is 0 Å². The molecule has 5 heterocycles. The van der Waals surface area contributed by atoms with Gasteiger partial charge in [-0.05, 0) is 60.7 Å². The molecule has 0 aliphatic rings. The third-order valence-corrected chi connectivity index (χ3v) is 12.3. The summed E-state index contributed by atoms with van der Waals surface area (Å²) in [6.45, 7) is 0. The molecule has 0 radical (unpaired) electrons. The van der Waals surface area contributed by atoms with E-state index >= 15 is 0 Å². The maximum atomic E-state index is 5.45. The lowest BCUT2D eigenvalue weighted by atomic mass is 10.1. The lowest BCUT2D eigenvalue weighted by molar-refractivity contribution is 1.01. The van der Waals surface area contributed by atoms with E-state index in [1.165, 1.54) is 32.3 Å². The number of rotatable bonds is 6. The van der Waals surface area contributed by atoms with Crippen LogP contribution in [0.2, 0.25) is 0 Å². The largest absolute Gasteiger partial charge is 0.309 e. The third-order valence-electron chi connectivity index (χ3n) is 12.3. The summed E-state index contributed by atoms with van der Waals surface area (Å²) in [6.07, 6.45) is 0. The number of para-hydroxylation sites is 4. The molecule has 13 aromatic rings. The van der Waals surface area contributed by atoms with Gasteiger partial charge in [-0.15, -0.1) is 0 Å². The molecule has 0 bridgehead atoms. The molecule has 7 nitrogen and oxygen atoms in total. The Kier molecular flexibility index (Phi) is 7.77. The molecule has 0 saturated heterocycles. The standard InChI is InChI=1S/C56H35N7/c1-3-17-36(18-4-1)54-58-55(37-19-5-2-6-20-37)60-56(59-54)38-21-15-22-39(35-38)61-46-29-13-9-25-42(46)52-48(61)33-34-49-53(52)43-26-10-14-30-47(43)63(49)51-32-16-31-50(57-51)62-44-27-11-7-23-40(44)41-24-8-12-28-45(41)62/h1-35H. The first kappa shape index (κ1) is 35.1. The van der Waals surface area contributed by atoms with Crippen LogP contribution in [0.15, 0.2) is 212 Å². The Morgan fingerprint density at radius 1 is 0.254 bits per heavy atom. The number of fused-ring (bicyclic) bond motifs is 10. The minimum atomic E-state index is 0.617. The van der Waals surface area contributed by atoms with Gasteiger partial charge in [0.25, 0.3) is 0 Å². The van der Waals surface area contributed by atoms with Crippen LogP contribution in [-0.4, -0.2) is 33.6 Å². The van der Waals surface area contributed by atoms with Gasteiger partial charge >= 0.3 is 0 Å². The molecular formula is C56H35N7. The highest BCUT2D eigenvalue weighted by Gasteiger charge is 2.22. The van der Waals surface area contributed by atoms with Crippen molar-refractivity contribution in [3.05, 3.63) is 212 Å². The van der Waals surface area contributed by atoms with Crippen molar-refractivity contribution in [3.8, 4) is 51.5 Å². The molecule has 0 unspecified atom stereocenters. The first-order valence-electron chi connectivity index (χ1n) is 21.2. The molecule has 0 N–H and O–H groups in total. The fourth-order valence-corrected chi connectivity index (χ4v) is 9.60. The van der Waals surface area contributed by atoms with Crippen molar-refractivity contribution in [1.82, 2.24) is 33.6 Å². The van der Waals surface area contributed by atoms with E-state index in [0.29, 0.717) is 17.5 Å². The van der Waals surface area contributed by atoms with Crippen LogP contribution < -0.4 is 0 Å². The van der Waals surface area contributed by atoms with Crippen molar-refractivity contribution in [2.75, 3.05) is 0 Å². The molecule has 0 atom stereocenters. The van der Waals surface area contributed by atoms with E-state index in [1.54, 1.807) is 0 Å². The van der Waals surface area contributed by atoms with Gasteiger partial charge in [-0.25, -0.2) is 19.9 Å². The van der Waals surface area contributed by atoms with Gasteiger partial charge in [0.2, 0.25) is 0 Å². The second kappa shape index (κ2) is 13.9. The van der Waals surface area contributed by atoms with E-state index in [0.717, 1.165) is 67.1 Å². The average Bonchev–Trinajstić information content (AvgIpc) is 4.00. The number of benzene rings is 8. The van der Waals surface area contributed by atoms with Crippen LogP contribution in [0, 0.1) is 0 Å². The van der Waals surface area contributed by atoms with E-state index in [1.807, 2.05) is 60.7 Å². The van der Waals surface area contributed by atoms with E-state index in [-0.39, 0.29) is 0 Å². The third kappa shape index (κ3) is 5.46. The summed E-state index contributed by atoms with van der Waals surface area (Å²) in [5, 5.41) is 7.16. The second-order valence-corrected chi connectivity index (χ2v) is 15.9. The van der Waals surface area contributed by atoms with E-state index in [2.05, 4.69) is 165 Å². The molecule has 0 saturated carbocycles. The highest BCUT2D eigenvalue weighted by atomic mass is 15.1. The van der Waals surface area contributed by atoms with Crippen molar-refractivity contribution >= 4 is 65.4 Å². The first-order valence-corrected chi connectivity index (χ1v) is 21.2. The molecule has 5 aromatic heterocycles. The fourth-order valence-electron chi connectivity index (χ4n) is 9.60. The predicted octanol–water partition coefficient (Wildman–Crippen LogP) is 13.6. The molecule has 8 aromatic carbocycles. The number of pyridine rings is 1. The van der Waals surface area contributed by atoms with Gasteiger partial charge in [0, 0.05) is 54.7 Å². The van der Waals surface area contributed by atoms with Crippen LogP contribution in [0.1, 0.15) is 0 Å². The molecule has 294 valence electrons. The molecule has 0 aliphatic carbocycles. The minimum Gasteiger partial charge on any atom is -0.309 e. The molecule has 0 fully saturated rings. The van der Waals surface area contributed by atoms with Gasteiger partial charge in [0.05, 0.1) is 33.1 Å². The molecular weight excluding hydrogens is 771 g/mol. The number of hydrogen-bond acceptors (Lipinski definition) is 4. The Morgan fingerprint density at radius 2 is 0.635 bits per heavy atom. The van der Waals surface area contributed by atoms with Crippen molar-refractivity contribution < 1.29 is 0 Å². The van der Waals surface area contributed by atoms with Gasteiger partial charge in [-0.2, -0.15) is 0 Å². The van der Waals surface area contributed by atoms with Gasteiger partial charge in [0.1, 0.15) is 11.6 Å². The van der Waals surface area contributed by atoms with Crippen molar-refractivity contribution in [2.45, 2.75) is 0 Å². The summed E-state index contributed by atoms with van der Waals surface area (Å²) >= 11 is 0. The van der Waals surface area contributed by atoms with E-state index in [4.69, 9.17) is 19.9 Å². The predicted molar refractivity (Wildman–Crippen MR) is 257 cm³/mol. The smallest absolute Gasteiger partial charge is 0.164 e. The van der Waals surface area contributed by atoms with E-state index in [9.17, 15) is 0 Å². The summed E-state index contributed by atoms with van der Waals surface area (Å²) in [4.78, 5) is 20.5. The van der Waals surface area contributed by atoms with Crippen molar-refractivity contribution in [1.29, 1.82) is 0 Å². The summed E-state index contributed by atoms with van der Waals surface area (Å²) in [7, 11) is 0. The zero-order valence-electron chi connectivity index (χ0n) is 33.8. The Balaban J connectivity index is 1.01. The Morgan fingerprint density at radius 3 is 1.17 bits per heavy atom. The van der Waals surface area contributed by atoms with Crippen LogP contribution in [0.25, 0.3) is 117 Å². The van der Waals surface area contributed by atoms with Crippen molar-refractivity contribution in [2.24, 2.45) is 0 Å². The monoisotopic (exact) mass is 805 g/mol. The minimum absolute atomic E-state index is 0.617. The van der Waals surface area contributed by atoms with Crippen LogP contribution in [0.3, 0.4) is 0 Å². The second-order valence-electron chi connectivity index (χ2n) is 15.9. The molecule has 0 spiro atoms. The average molecular weight is 806 g/mol. The normalized spacial score (nSPS) is 11.8. The maximum Gasteiger partial charge on any atom is 0.164 e. The topological polar surface area (TPSA) is 66.3 Å². The van der Waals surface area contributed by atoms with Gasteiger partial charge in [-0.3, -0.25) is 9.13 Å². The summed E-state index contributed by atoms with van der Waals surface area (Å²) < 4.78 is 6.98.